The Hall–Kier alpha value is -2.69. The van der Waals surface area contributed by atoms with Crippen molar-refractivity contribution in [2.45, 2.75) is 63.1 Å². The Morgan fingerprint density at radius 2 is 1.92 bits per heavy atom. The van der Waals surface area contributed by atoms with E-state index in [1.54, 1.807) is 31.2 Å². The van der Waals surface area contributed by atoms with Gasteiger partial charge >= 0.3 is 5.97 Å². The van der Waals surface area contributed by atoms with Gasteiger partial charge in [0.15, 0.2) is 15.0 Å². The van der Waals surface area contributed by atoms with E-state index in [0.717, 1.165) is 41.7 Å². The first-order valence-corrected chi connectivity index (χ1v) is 14.9. The first-order valence-electron chi connectivity index (χ1n) is 12.2. The van der Waals surface area contributed by atoms with Gasteiger partial charge in [-0.05, 0) is 61.4 Å². The van der Waals surface area contributed by atoms with Crippen LogP contribution in [0.1, 0.15) is 60.9 Å². The second-order valence-electron chi connectivity index (χ2n) is 9.52. The van der Waals surface area contributed by atoms with Gasteiger partial charge in [-0.1, -0.05) is 48.9 Å². The molecule has 0 bridgehead atoms. The van der Waals surface area contributed by atoms with E-state index in [1.807, 2.05) is 16.8 Å². The molecule has 37 heavy (non-hydrogen) atoms. The summed E-state index contributed by atoms with van der Waals surface area (Å²) in [6.07, 6.45) is 4.13. The number of halogens is 1. The van der Waals surface area contributed by atoms with Crippen LogP contribution in [0.15, 0.2) is 41.4 Å². The summed E-state index contributed by atoms with van der Waals surface area (Å²) in [6.45, 7) is 6.60. The van der Waals surface area contributed by atoms with Gasteiger partial charge in [-0.15, -0.1) is 0 Å². The zero-order valence-electron chi connectivity index (χ0n) is 21.0. The summed E-state index contributed by atoms with van der Waals surface area (Å²) in [5, 5.41) is 2.84. The van der Waals surface area contributed by atoms with E-state index >= 15 is 0 Å². The fourth-order valence-electron chi connectivity index (χ4n) is 4.03. The predicted molar refractivity (Wildman–Crippen MR) is 144 cm³/mol. The third kappa shape index (κ3) is 6.80. The van der Waals surface area contributed by atoms with Gasteiger partial charge in [-0.25, -0.2) is 13.4 Å². The fourth-order valence-corrected chi connectivity index (χ4v) is 6.72. The Labute approximate surface area is 225 Å². The van der Waals surface area contributed by atoms with Gasteiger partial charge < -0.3 is 9.30 Å². The molecule has 3 aromatic rings. The second kappa shape index (κ2) is 11.4. The van der Waals surface area contributed by atoms with Crippen molar-refractivity contribution in [3.63, 3.8) is 0 Å². The average Bonchev–Trinajstić information content (AvgIpc) is 3.54. The van der Waals surface area contributed by atoms with Crippen LogP contribution in [0, 0.1) is 5.92 Å². The van der Waals surface area contributed by atoms with Gasteiger partial charge in [0.25, 0.3) is 5.91 Å². The molecular formula is C26H30ClN3O5S2. The van der Waals surface area contributed by atoms with Gasteiger partial charge in [0.1, 0.15) is 10.0 Å². The summed E-state index contributed by atoms with van der Waals surface area (Å²) in [4.78, 5) is 29.7. The molecule has 1 fully saturated rings. The molecule has 1 N–H and O–H groups in total. The molecule has 0 unspecified atom stereocenters. The first-order chi connectivity index (χ1) is 17.6. The number of carbonyl (C=O) groups excluding carboxylic acids is 2. The highest BCUT2D eigenvalue weighted by atomic mass is 35.5. The largest absolute Gasteiger partial charge is 0.466 e. The van der Waals surface area contributed by atoms with Crippen LogP contribution in [-0.4, -0.2) is 41.7 Å². The van der Waals surface area contributed by atoms with Crippen LogP contribution in [0.4, 0.5) is 5.13 Å². The molecule has 0 radical (unpaired) electrons. The number of nitrogens with one attached hydrogen (secondary N) is 1. The van der Waals surface area contributed by atoms with Crippen LogP contribution < -0.4 is 5.32 Å². The Morgan fingerprint density at radius 3 is 2.54 bits per heavy atom. The Bertz CT molecular complexity index is 1390. The maximum absolute atomic E-state index is 13.3. The number of anilines is 1. The van der Waals surface area contributed by atoms with Crippen LogP contribution in [0.25, 0.3) is 0 Å². The molecule has 0 spiro atoms. The molecule has 0 aliphatic heterocycles. The lowest BCUT2D eigenvalue weighted by Gasteiger charge is -2.10. The fraction of sp³-hybridized carbons (Fsp3) is 0.423. The maximum Gasteiger partial charge on any atom is 0.311 e. The number of hydrogen-bond donors (Lipinski definition) is 1. The van der Waals surface area contributed by atoms with Crippen molar-refractivity contribution in [2.75, 3.05) is 11.9 Å². The van der Waals surface area contributed by atoms with Gasteiger partial charge in [-0.2, -0.15) is 0 Å². The van der Waals surface area contributed by atoms with Crippen molar-refractivity contribution in [3.05, 3.63) is 63.4 Å². The molecule has 1 saturated carbocycles. The number of aromatic nitrogens is 2. The highest BCUT2D eigenvalue weighted by Gasteiger charge is 2.36. The third-order valence-corrected chi connectivity index (χ3v) is 9.41. The molecule has 4 rings (SSSR count). The number of ether oxygens (including phenoxy) is 1. The van der Waals surface area contributed by atoms with Crippen LogP contribution in [-0.2, 0) is 38.8 Å². The third-order valence-electron chi connectivity index (χ3n) is 5.89. The van der Waals surface area contributed by atoms with E-state index in [4.69, 9.17) is 16.3 Å². The predicted octanol–water partition coefficient (Wildman–Crippen LogP) is 5.14. The number of esters is 1. The lowest BCUT2D eigenvalue weighted by Crippen LogP contribution is -2.17. The smallest absolute Gasteiger partial charge is 0.311 e. The van der Waals surface area contributed by atoms with Crippen LogP contribution in [0.2, 0.25) is 4.34 Å². The molecule has 1 aliphatic carbocycles. The van der Waals surface area contributed by atoms with E-state index < -0.39 is 15.8 Å². The Kier molecular flexibility index (Phi) is 8.40. The quantitative estimate of drug-likeness (QED) is 0.324. The summed E-state index contributed by atoms with van der Waals surface area (Å²) < 4.78 is 32.1. The highest BCUT2D eigenvalue weighted by molar-refractivity contribution is 7.92. The number of carbonyl (C=O) groups is 2. The minimum absolute atomic E-state index is 0.0690. The Morgan fingerprint density at radius 1 is 1.22 bits per heavy atom. The van der Waals surface area contributed by atoms with E-state index in [-0.39, 0.29) is 24.2 Å². The molecule has 1 aromatic carbocycles. The molecule has 2 aromatic heterocycles. The van der Waals surface area contributed by atoms with Crippen molar-refractivity contribution < 1.29 is 22.7 Å². The van der Waals surface area contributed by atoms with Crippen LogP contribution in [0.5, 0.6) is 0 Å². The molecule has 1 aliphatic rings. The summed E-state index contributed by atoms with van der Waals surface area (Å²) in [6, 6.07) is 8.73. The summed E-state index contributed by atoms with van der Waals surface area (Å²) in [5.74, 6) is -0.381. The summed E-state index contributed by atoms with van der Waals surface area (Å²) in [7, 11) is -3.25. The van der Waals surface area contributed by atoms with E-state index in [9.17, 15) is 18.0 Å². The molecule has 1 amide bonds. The summed E-state index contributed by atoms with van der Waals surface area (Å²) >= 11 is 7.32. The van der Waals surface area contributed by atoms with Gasteiger partial charge in [0, 0.05) is 12.7 Å². The molecule has 0 saturated heterocycles. The maximum atomic E-state index is 13.3. The monoisotopic (exact) mass is 563 g/mol. The second-order valence-corrected chi connectivity index (χ2v) is 13.4. The van der Waals surface area contributed by atoms with Gasteiger partial charge in [0.05, 0.1) is 28.9 Å². The van der Waals surface area contributed by atoms with E-state index in [0.29, 0.717) is 38.2 Å². The topological polar surface area (TPSA) is 107 Å². The van der Waals surface area contributed by atoms with Crippen molar-refractivity contribution in [2.24, 2.45) is 5.92 Å². The molecule has 8 nitrogen and oxygen atoms in total. The Balaban J connectivity index is 1.53. The number of amides is 1. The molecular weight excluding hydrogens is 534 g/mol. The highest BCUT2D eigenvalue weighted by Crippen LogP contribution is 2.33. The standard InChI is InChI=1S/C26H30ClN3O5S2/c1-4-35-23(31)13-21-24(27)36-26(28-21)29-25(32)22-12-18(11-16(2)3)15-30(22)14-17-5-7-19(8-6-17)37(33,34)20-9-10-20/h5-8,12,15-16,20H,4,9-11,13-14H2,1-3H3,(H,28,29,32). The number of rotatable bonds is 11. The zero-order valence-corrected chi connectivity index (χ0v) is 23.4. The van der Waals surface area contributed by atoms with E-state index in [1.165, 1.54) is 0 Å². The van der Waals surface area contributed by atoms with Crippen molar-refractivity contribution >= 4 is 49.8 Å². The molecule has 2 heterocycles. The van der Waals surface area contributed by atoms with E-state index in [2.05, 4.69) is 24.1 Å². The minimum atomic E-state index is -3.25. The minimum Gasteiger partial charge on any atom is -0.466 e. The normalized spacial score (nSPS) is 13.6. The number of nitrogens with zero attached hydrogens (tertiary/aromatic N) is 2. The number of thiazole rings is 1. The van der Waals surface area contributed by atoms with Gasteiger partial charge in [-0.3, -0.25) is 14.9 Å². The lowest BCUT2D eigenvalue weighted by molar-refractivity contribution is -0.142. The number of benzene rings is 1. The SMILES string of the molecule is CCOC(=O)Cc1nc(NC(=O)c2cc(CC(C)C)cn2Cc2ccc(S(=O)(=O)C3CC3)cc2)sc1Cl. The average molecular weight is 564 g/mol. The van der Waals surface area contributed by atoms with Crippen LogP contribution >= 0.6 is 22.9 Å². The molecule has 0 atom stereocenters. The van der Waals surface area contributed by atoms with Crippen LogP contribution in [0.3, 0.4) is 0 Å². The van der Waals surface area contributed by atoms with Gasteiger partial charge in [0.2, 0.25) is 0 Å². The molecule has 11 heteroatoms. The summed E-state index contributed by atoms with van der Waals surface area (Å²) in [5.41, 5.74) is 2.71. The van der Waals surface area contributed by atoms with Crippen molar-refractivity contribution in [1.29, 1.82) is 0 Å². The molecule has 198 valence electrons. The lowest BCUT2D eigenvalue weighted by atomic mass is 10.1. The zero-order chi connectivity index (χ0) is 26.7. The number of sulfone groups is 1. The first kappa shape index (κ1) is 27.3. The van der Waals surface area contributed by atoms with Crippen molar-refractivity contribution in [1.82, 2.24) is 9.55 Å². The van der Waals surface area contributed by atoms with Crippen molar-refractivity contribution in [3.8, 4) is 0 Å². The number of hydrogen-bond acceptors (Lipinski definition) is 7.